The highest BCUT2D eigenvalue weighted by Crippen LogP contribution is 2.29. The van der Waals surface area contributed by atoms with Crippen LogP contribution in [0.3, 0.4) is 0 Å². The Labute approximate surface area is 205 Å². The molecule has 0 saturated carbocycles. The number of carboxylic acids is 1. The highest BCUT2D eigenvalue weighted by Gasteiger charge is 2.27. The molecule has 1 aromatic carbocycles. The minimum Gasteiger partial charge on any atom is -0.481 e. The Morgan fingerprint density at radius 1 is 1.31 bits per heavy atom. The molecule has 12 heteroatoms. The second-order valence-corrected chi connectivity index (χ2v) is 8.63. The number of rotatable bonds is 7. The summed E-state index contributed by atoms with van der Waals surface area (Å²) in [6.45, 7) is 0.723. The number of anilines is 3. The molecule has 0 aliphatic carbocycles. The number of aromatic nitrogens is 3. The second-order valence-electron chi connectivity index (χ2n) is 8.22. The first-order valence-corrected chi connectivity index (χ1v) is 11.4. The van der Waals surface area contributed by atoms with Gasteiger partial charge in [0.25, 0.3) is 11.5 Å². The number of fused-ring (bicyclic) bond motifs is 1. The van der Waals surface area contributed by atoms with E-state index < -0.39 is 11.9 Å². The van der Waals surface area contributed by atoms with Crippen LogP contribution < -0.4 is 25.8 Å². The molecule has 0 unspecified atom stereocenters. The SMILES string of the molecule is CNC(=O)COc1cc2cc(Nc3nc(N4CCC[C@@H](C(=O)O)C4)ncc3Cl)ccc2n(C)c1=O. The van der Waals surface area contributed by atoms with Gasteiger partial charge >= 0.3 is 5.97 Å². The maximum atomic E-state index is 12.6. The molecule has 1 fully saturated rings. The second kappa shape index (κ2) is 10.2. The fourth-order valence-electron chi connectivity index (χ4n) is 3.94. The number of halogens is 1. The summed E-state index contributed by atoms with van der Waals surface area (Å²) in [6, 6.07) is 6.95. The van der Waals surface area contributed by atoms with Crippen molar-refractivity contribution in [1.82, 2.24) is 19.9 Å². The van der Waals surface area contributed by atoms with Crippen molar-refractivity contribution in [3.8, 4) is 5.75 Å². The summed E-state index contributed by atoms with van der Waals surface area (Å²) in [6.07, 6.45) is 2.84. The third-order valence-corrected chi connectivity index (χ3v) is 6.15. The molecule has 1 aliphatic rings. The molecular weight excluding hydrogens is 476 g/mol. The van der Waals surface area contributed by atoms with E-state index in [4.69, 9.17) is 16.3 Å². The average Bonchev–Trinajstić information content (AvgIpc) is 2.86. The lowest BCUT2D eigenvalue weighted by atomic mass is 9.99. The molecule has 2 aromatic heterocycles. The van der Waals surface area contributed by atoms with E-state index in [1.54, 1.807) is 31.3 Å². The van der Waals surface area contributed by atoms with Crippen LogP contribution in [0.2, 0.25) is 5.02 Å². The highest BCUT2D eigenvalue weighted by atomic mass is 35.5. The van der Waals surface area contributed by atoms with Gasteiger partial charge in [-0.15, -0.1) is 0 Å². The lowest BCUT2D eigenvalue weighted by Crippen LogP contribution is -2.39. The molecule has 1 aliphatic heterocycles. The smallest absolute Gasteiger partial charge is 0.308 e. The first-order valence-electron chi connectivity index (χ1n) is 11.0. The Morgan fingerprint density at radius 3 is 2.86 bits per heavy atom. The van der Waals surface area contributed by atoms with Gasteiger partial charge in [0.15, 0.2) is 18.2 Å². The van der Waals surface area contributed by atoms with Gasteiger partial charge in [-0.2, -0.15) is 4.98 Å². The molecule has 1 amide bonds. The van der Waals surface area contributed by atoms with Crippen molar-refractivity contribution >= 4 is 51.8 Å². The van der Waals surface area contributed by atoms with Crippen LogP contribution in [0.25, 0.3) is 10.9 Å². The summed E-state index contributed by atoms with van der Waals surface area (Å²) >= 11 is 6.33. The van der Waals surface area contributed by atoms with Gasteiger partial charge in [0.2, 0.25) is 5.95 Å². The lowest BCUT2D eigenvalue weighted by molar-refractivity contribution is -0.142. The van der Waals surface area contributed by atoms with Crippen molar-refractivity contribution < 1.29 is 19.4 Å². The van der Waals surface area contributed by atoms with Gasteiger partial charge in [-0.3, -0.25) is 14.4 Å². The van der Waals surface area contributed by atoms with E-state index in [0.717, 1.165) is 6.42 Å². The molecule has 0 bridgehead atoms. The van der Waals surface area contributed by atoms with E-state index in [1.807, 2.05) is 4.90 Å². The predicted octanol–water partition coefficient (Wildman–Crippen LogP) is 2.15. The normalized spacial score (nSPS) is 15.6. The number of amides is 1. The predicted molar refractivity (Wildman–Crippen MR) is 132 cm³/mol. The van der Waals surface area contributed by atoms with Crippen molar-refractivity contribution in [2.45, 2.75) is 12.8 Å². The number of nitrogens with one attached hydrogen (secondary N) is 2. The lowest BCUT2D eigenvalue weighted by Gasteiger charge is -2.30. The number of aliphatic carboxylic acids is 1. The molecule has 0 radical (unpaired) electrons. The van der Waals surface area contributed by atoms with Gasteiger partial charge in [0.1, 0.15) is 5.02 Å². The number of piperidine rings is 1. The summed E-state index contributed by atoms with van der Waals surface area (Å²) in [7, 11) is 3.11. The number of ether oxygens (including phenoxy) is 1. The summed E-state index contributed by atoms with van der Waals surface area (Å²) in [5, 5.41) is 16.0. The number of carbonyl (C=O) groups is 2. The zero-order valence-electron chi connectivity index (χ0n) is 19.2. The number of hydrogen-bond donors (Lipinski definition) is 3. The van der Waals surface area contributed by atoms with Gasteiger partial charge in [-0.1, -0.05) is 11.6 Å². The largest absolute Gasteiger partial charge is 0.481 e. The van der Waals surface area contributed by atoms with Crippen LogP contribution in [0.15, 0.2) is 35.3 Å². The third kappa shape index (κ3) is 5.29. The zero-order chi connectivity index (χ0) is 25.1. The number of carbonyl (C=O) groups excluding carboxylic acids is 1. The number of carboxylic acid groups (broad SMARTS) is 1. The summed E-state index contributed by atoms with van der Waals surface area (Å²) in [4.78, 5) is 46.2. The number of benzene rings is 1. The van der Waals surface area contributed by atoms with Crippen molar-refractivity contribution in [3.63, 3.8) is 0 Å². The van der Waals surface area contributed by atoms with E-state index in [9.17, 15) is 19.5 Å². The quantitative estimate of drug-likeness (QED) is 0.445. The fourth-order valence-corrected chi connectivity index (χ4v) is 4.08. The number of aryl methyl sites for hydroxylation is 1. The highest BCUT2D eigenvalue weighted by molar-refractivity contribution is 6.32. The van der Waals surface area contributed by atoms with Gasteiger partial charge in [-0.25, -0.2) is 4.98 Å². The van der Waals surface area contributed by atoms with Crippen LogP contribution in [0.4, 0.5) is 17.5 Å². The van der Waals surface area contributed by atoms with Crippen LogP contribution in [-0.2, 0) is 16.6 Å². The molecule has 35 heavy (non-hydrogen) atoms. The molecule has 0 spiro atoms. The molecule has 11 nitrogen and oxygen atoms in total. The van der Waals surface area contributed by atoms with E-state index in [-0.39, 0.29) is 23.8 Å². The molecule has 3 aromatic rings. The minimum absolute atomic E-state index is 0.0567. The molecule has 1 atom stereocenters. The maximum Gasteiger partial charge on any atom is 0.308 e. The maximum absolute atomic E-state index is 12.6. The third-order valence-electron chi connectivity index (χ3n) is 5.88. The van der Waals surface area contributed by atoms with Crippen LogP contribution >= 0.6 is 11.6 Å². The zero-order valence-corrected chi connectivity index (χ0v) is 20.0. The monoisotopic (exact) mass is 500 g/mol. The Morgan fingerprint density at radius 2 is 2.11 bits per heavy atom. The molecule has 184 valence electrons. The molecule has 3 heterocycles. The summed E-state index contributed by atoms with van der Waals surface area (Å²) in [5.41, 5.74) is 0.976. The van der Waals surface area contributed by atoms with Gasteiger partial charge in [0.05, 0.1) is 17.6 Å². The first-order chi connectivity index (χ1) is 16.8. The fraction of sp³-hybridized carbons (Fsp3) is 0.348. The molecule has 3 N–H and O–H groups in total. The topological polar surface area (TPSA) is 139 Å². The van der Waals surface area contributed by atoms with Crippen molar-refractivity contribution in [1.29, 1.82) is 0 Å². The summed E-state index contributed by atoms with van der Waals surface area (Å²) < 4.78 is 6.86. The van der Waals surface area contributed by atoms with Gasteiger partial charge in [-0.05, 0) is 37.1 Å². The van der Waals surface area contributed by atoms with E-state index >= 15 is 0 Å². The van der Waals surface area contributed by atoms with Crippen LogP contribution in [0.5, 0.6) is 5.75 Å². The minimum atomic E-state index is -0.828. The Balaban J connectivity index is 1.61. The van der Waals surface area contributed by atoms with Gasteiger partial charge < -0.3 is 29.9 Å². The Bertz CT molecular complexity index is 1340. The van der Waals surface area contributed by atoms with E-state index in [0.29, 0.717) is 52.9 Å². The Kier molecular flexibility index (Phi) is 7.06. The van der Waals surface area contributed by atoms with Gasteiger partial charge in [0, 0.05) is 38.3 Å². The summed E-state index contributed by atoms with van der Waals surface area (Å²) in [5.74, 6) is -0.815. The first kappa shape index (κ1) is 24.3. The number of likely N-dealkylation sites (N-methyl/N-ethyl adjacent to an activating group) is 1. The molecule has 4 rings (SSSR count). The van der Waals surface area contributed by atoms with Crippen molar-refractivity contribution in [2.24, 2.45) is 13.0 Å². The van der Waals surface area contributed by atoms with Crippen molar-refractivity contribution in [2.75, 3.05) is 37.0 Å². The standard InChI is InChI=1S/C23H25ClN6O5/c1-25-19(31)12-35-18-9-14-8-15(5-6-17(14)29(2)21(18)32)27-20-16(24)10-26-23(28-20)30-7-3-4-13(11-30)22(33)34/h5-6,8-10,13H,3-4,7,11-12H2,1-2H3,(H,25,31)(H,33,34)(H,26,27,28)/t13-/m1/s1. The van der Waals surface area contributed by atoms with Crippen LogP contribution in [0, 0.1) is 5.92 Å². The number of hydrogen-bond acceptors (Lipinski definition) is 8. The van der Waals surface area contributed by atoms with E-state index in [2.05, 4.69) is 20.6 Å². The van der Waals surface area contributed by atoms with Crippen molar-refractivity contribution in [3.05, 3.63) is 45.8 Å². The average molecular weight is 501 g/mol. The Hall–Kier alpha value is -3.86. The number of pyridine rings is 1. The molecular formula is C23H25ClN6O5. The number of nitrogens with zero attached hydrogens (tertiary/aromatic N) is 4. The van der Waals surface area contributed by atoms with Crippen LogP contribution in [-0.4, -0.2) is 58.3 Å². The van der Waals surface area contributed by atoms with E-state index in [1.165, 1.54) is 17.8 Å². The molecule has 1 saturated heterocycles. The van der Waals surface area contributed by atoms with Crippen LogP contribution in [0.1, 0.15) is 12.8 Å².